The van der Waals surface area contributed by atoms with Crippen molar-refractivity contribution in [3.8, 4) is 5.95 Å². The van der Waals surface area contributed by atoms with E-state index in [9.17, 15) is 4.79 Å². The van der Waals surface area contributed by atoms with Crippen molar-refractivity contribution in [3.63, 3.8) is 0 Å². The topological polar surface area (TPSA) is 80.9 Å². The lowest BCUT2D eigenvalue weighted by atomic mass is 10.4. The molecular formula is C9H8N4O2. The van der Waals surface area contributed by atoms with Crippen LogP contribution in [0.4, 0.5) is 0 Å². The summed E-state index contributed by atoms with van der Waals surface area (Å²) in [5, 5.41) is 12.7. The Kier molecular flexibility index (Phi) is 2.17. The predicted octanol–water partition coefficient (Wildman–Crippen LogP) is 0.669. The normalized spacial score (nSPS) is 10.2. The fourth-order valence-electron chi connectivity index (χ4n) is 1.15. The van der Waals surface area contributed by atoms with Crippen LogP contribution in [0.3, 0.4) is 0 Å². The molecule has 0 aliphatic carbocycles. The summed E-state index contributed by atoms with van der Waals surface area (Å²) < 4.78 is 1.48. The van der Waals surface area contributed by atoms with Crippen molar-refractivity contribution < 1.29 is 9.90 Å². The number of aromatic nitrogens is 4. The van der Waals surface area contributed by atoms with Crippen molar-refractivity contribution in [2.24, 2.45) is 0 Å². The maximum Gasteiger partial charge on any atom is 0.354 e. The first-order chi connectivity index (χ1) is 7.18. The van der Waals surface area contributed by atoms with Gasteiger partial charge in [0.2, 0.25) is 0 Å². The molecule has 0 amide bonds. The molecule has 15 heavy (non-hydrogen) atoms. The molecule has 0 aliphatic rings. The van der Waals surface area contributed by atoms with Crippen LogP contribution < -0.4 is 0 Å². The van der Waals surface area contributed by atoms with Crippen molar-refractivity contribution in [1.29, 1.82) is 0 Å². The molecule has 0 atom stereocenters. The van der Waals surface area contributed by atoms with Crippen LogP contribution in [0.2, 0.25) is 0 Å². The van der Waals surface area contributed by atoms with Gasteiger partial charge in [0.25, 0.3) is 5.95 Å². The van der Waals surface area contributed by atoms with Crippen LogP contribution >= 0.6 is 0 Å². The third kappa shape index (κ3) is 1.69. The summed E-state index contributed by atoms with van der Waals surface area (Å²) in [6, 6.07) is 3.13. The summed E-state index contributed by atoms with van der Waals surface area (Å²) in [4.78, 5) is 18.5. The van der Waals surface area contributed by atoms with Gasteiger partial charge in [-0.05, 0) is 19.1 Å². The number of carboxylic acid groups (broad SMARTS) is 1. The quantitative estimate of drug-likeness (QED) is 0.777. The molecule has 0 fully saturated rings. The minimum absolute atomic E-state index is 0.0464. The van der Waals surface area contributed by atoms with Crippen molar-refractivity contribution in [3.05, 3.63) is 35.9 Å². The first kappa shape index (κ1) is 9.32. The van der Waals surface area contributed by atoms with Crippen LogP contribution in [0.15, 0.2) is 24.5 Å². The molecule has 76 valence electrons. The largest absolute Gasteiger partial charge is 0.477 e. The Bertz CT molecular complexity index is 506. The molecule has 6 heteroatoms. The van der Waals surface area contributed by atoms with Gasteiger partial charge in [0.1, 0.15) is 0 Å². The number of hydrogen-bond donors (Lipinski definition) is 1. The van der Waals surface area contributed by atoms with E-state index in [1.807, 2.05) is 6.92 Å². The second-order valence-corrected chi connectivity index (χ2v) is 2.93. The van der Waals surface area contributed by atoms with Crippen LogP contribution in [0.5, 0.6) is 0 Å². The van der Waals surface area contributed by atoms with Gasteiger partial charge in [0.05, 0.1) is 0 Å². The van der Waals surface area contributed by atoms with Gasteiger partial charge in [-0.1, -0.05) is 0 Å². The van der Waals surface area contributed by atoms with Crippen LogP contribution in [0, 0.1) is 6.92 Å². The highest BCUT2D eigenvalue weighted by Crippen LogP contribution is 2.04. The van der Waals surface area contributed by atoms with E-state index in [1.165, 1.54) is 16.9 Å². The number of rotatable bonds is 2. The van der Waals surface area contributed by atoms with E-state index in [1.54, 1.807) is 12.3 Å². The van der Waals surface area contributed by atoms with E-state index in [2.05, 4.69) is 15.1 Å². The Morgan fingerprint density at radius 1 is 1.40 bits per heavy atom. The average molecular weight is 204 g/mol. The SMILES string of the molecule is Cc1ccnn1-c1nccc(C(=O)O)n1. The Balaban J connectivity index is 2.50. The highest BCUT2D eigenvalue weighted by atomic mass is 16.4. The standard InChI is InChI=1S/C9H8N4O2/c1-6-2-5-11-13(6)9-10-4-3-7(12-9)8(14)15/h2-5H,1H3,(H,14,15). The molecule has 6 nitrogen and oxygen atoms in total. The fraction of sp³-hybridized carbons (Fsp3) is 0.111. The van der Waals surface area contributed by atoms with Crippen molar-refractivity contribution in [1.82, 2.24) is 19.7 Å². The summed E-state index contributed by atoms with van der Waals surface area (Å²) in [5.74, 6) is -0.819. The summed E-state index contributed by atoms with van der Waals surface area (Å²) >= 11 is 0. The first-order valence-corrected chi connectivity index (χ1v) is 4.26. The third-order valence-electron chi connectivity index (χ3n) is 1.88. The molecule has 2 heterocycles. The van der Waals surface area contributed by atoms with E-state index in [0.717, 1.165) is 5.69 Å². The van der Waals surface area contributed by atoms with Gasteiger partial charge >= 0.3 is 5.97 Å². The molecule has 1 N–H and O–H groups in total. The Hall–Kier alpha value is -2.24. The molecular weight excluding hydrogens is 196 g/mol. The summed E-state index contributed by atoms with van der Waals surface area (Å²) in [7, 11) is 0. The third-order valence-corrected chi connectivity index (χ3v) is 1.88. The molecule has 2 aromatic heterocycles. The monoisotopic (exact) mass is 204 g/mol. The van der Waals surface area contributed by atoms with Gasteiger partial charge < -0.3 is 5.11 Å². The van der Waals surface area contributed by atoms with Gasteiger partial charge in [-0.15, -0.1) is 0 Å². The average Bonchev–Trinajstić information content (AvgIpc) is 2.64. The molecule has 2 rings (SSSR count). The minimum atomic E-state index is -1.08. The predicted molar refractivity (Wildman–Crippen MR) is 50.9 cm³/mol. The van der Waals surface area contributed by atoms with E-state index in [0.29, 0.717) is 0 Å². The van der Waals surface area contributed by atoms with Gasteiger partial charge in [0, 0.05) is 18.1 Å². The highest BCUT2D eigenvalue weighted by molar-refractivity contribution is 5.85. The van der Waals surface area contributed by atoms with Crippen LogP contribution in [-0.2, 0) is 0 Å². The number of hydrogen-bond acceptors (Lipinski definition) is 4. The summed E-state index contributed by atoms with van der Waals surface area (Å²) in [5.41, 5.74) is 0.799. The highest BCUT2D eigenvalue weighted by Gasteiger charge is 2.08. The smallest absolute Gasteiger partial charge is 0.354 e. The Morgan fingerprint density at radius 3 is 2.80 bits per heavy atom. The maximum atomic E-state index is 10.7. The number of aryl methyl sites for hydroxylation is 1. The first-order valence-electron chi connectivity index (χ1n) is 4.26. The number of carboxylic acids is 1. The number of aromatic carboxylic acids is 1. The molecule has 2 aromatic rings. The molecule has 0 bridgehead atoms. The molecule has 0 spiro atoms. The molecule has 0 aliphatic heterocycles. The zero-order valence-corrected chi connectivity index (χ0v) is 7.95. The lowest BCUT2D eigenvalue weighted by molar-refractivity contribution is 0.0690. The van der Waals surface area contributed by atoms with Gasteiger partial charge in [-0.3, -0.25) is 0 Å². The van der Waals surface area contributed by atoms with Gasteiger partial charge in [0.15, 0.2) is 5.69 Å². The number of carbonyl (C=O) groups is 1. The van der Waals surface area contributed by atoms with Crippen molar-refractivity contribution >= 4 is 5.97 Å². The number of nitrogens with zero attached hydrogens (tertiary/aromatic N) is 4. The molecule has 0 saturated carbocycles. The van der Waals surface area contributed by atoms with E-state index >= 15 is 0 Å². The Labute approximate surface area is 85.2 Å². The molecule has 0 radical (unpaired) electrons. The Morgan fingerprint density at radius 2 is 2.20 bits per heavy atom. The second-order valence-electron chi connectivity index (χ2n) is 2.93. The summed E-state index contributed by atoms with van der Waals surface area (Å²) in [6.07, 6.45) is 3.00. The van der Waals surface area contributed by atoms with Crippen LogP contribution in [0.1, 0.15) is 16.2 Å². The lowest BCUT2D eigenvalue weighted by Crippen LogP contribution is -2.08. The van der Waals surface area contributed by atoms with E-state index < -0.39 is 5.97 Å². The van der Waals surface area contributed by atoms with Gasteiger partial charge in [-0.2, -0.15) is 5.10 Å². The molecule has 0 saturated heterocycles. The summed E-state index contributed by atoms with van der Waals surface area (Å²) in [6.45, 7) is 1.84. The van der Waals surface area contributed by atoms with Gasteiger partial charge in [-0.25, -0.2) is 19.4 Å². The van der Waals surface area contributed by atoms with E-state index in [4.69, 9.17) is 5.11 Å². The van der Waals surface area contributed by atoms with Crippen LogP contribution in [0.25, 0.3) is 5.95 Å². The zero-order valence-electron chi connectivity index (χ0n) is 7.95. The van der Waals surface area contributed by atoms with Crippen molar-refractivity contribution in [2.45, 2.75) is 6.92 Å². The minimum Gasteiger partial charge on any atom is -0.477 e. The second kappa shape index (κ2) is 3.49. The van der Waals surface area contributed by atoms with Crippen LogP contribution in [-0.4, -0.2) is 30.8 Å². The fourth-order valence-corrected chi connectivity index (χ4v) is 1.15. The molecule has 0 aromatic carbocycles. The van der Waals surface area contributed by atoms with E-state index in [-0.39, 0.29) is 11.6 Å². The lowest BCUT2D eigenvalue weighted by Gasteiger charge is -2.01. The zero-order chi connectivity index (χ0) is 10.8. The molecule has 0 unspecified atom stereocenters. The maximum absolute atomic E-state index is 10.7. The van der Waals surface area contributed by atoms with Crippen molar-refractivity contribution in [2.75, 3.05) is 0 Å².